The molecule has 1 aliphatic heterocycles. The van der Waals surface area contributed by atoms with Gasteiger partial charge in [0.25, 0.3) is 0 Å². The Morgan fingerprint density at radius 1 is 1.28 bits per heavy atom. The number of amides is 1. The number of aliphatic hydroxyl groups is 1. The molecule has 0 spiro atoms. The topological polar surface area (TPSA) is 77.8 Å². The molecule has 2 N–H and O–H groups in total. The molecule has 29 heavy (non-hydrogen) atoms. The third-order valence-corrected chi connectivity index (χ3v) is 4.96. The van der Waals surface area contributed by atoms with Gasteiger partial charge < -0.3 is 15.1 Å². The van der Waals surface area contributed by atoms with Gasteiger partial charge >= 0.3 is 5.97 Å². The lowest BCUT2D eigenvalue weighted by Crippen LogP contribution is -2.42. The maximum atomic E-state index is 12.3. The van der Waals surface area contributed by atoms with Crippen LogP contribution in [0, 0.1) is 25.7 Å². The molecule has 1 amide bonds. The van der Waals surface area contributed by atoms with Crippen molar-refractivity contribution in [1.29, 1.82) is 0 Å². The van der Waals surface area contributed by atoms with E-state index in [1.54, 1.807) is 11.0 Å². The second-order valence-corrected chi connectivity index (χ2v) is 7.73. The van der Waals surface area contributed by atoms with Crippen molar-refractivity contribution in [2.45, 2.75) is 70.9 Å². The van der Waals surface area contributed by atoms with Gasteiger partial charge in [-0.15, -0.1) is 5.92 Å². The van der Waals surface area contributed by atoms with E-state index < -0.39 is 12.1 Å². The summed E-state index contributed by atoms with van der Waals surface area (Å²) in [4.78, 5) is 24.6. The minimum absolute atomic E-state index is 0.0570. The highest BCUT2D eigenvalue weighted by Gasteiger charge is 2.25. The summed E-state index contributed by atoms with van der Waals surface area (Å²) in [6.45, 7) is 4.44. The van der Waals surface area contributed by atoms with Crippen LogP contribution in [-0.4, -0.2) is 45.7 Å². The zero-order valence-corrected chi connectivity index (χ0v) is 17.4. The highest BCUT2D eigenvalue weighted by Crippen LogP contribution is 2.19. The standard InChI is InChI=1S/C24H31NO4/c1-18-14-19(2)16-20(15-18)17-22(26)12-11-21-8-7-9-23(27)25(21)13-6-4-3-5-10-24(28)29/h11-12,14-16,21-22,26H,3,5,7-10,13,17H2,1-2H3,(H,28,29)/b12-11+/t21-,22?/m1/s1. The van der Waals surface area contributed by atoms with E-state index in [-0.39, 0.29) is 18.4 Å². The molecule has 1 unspecified atom stereocenters. The zero-order chi connectivity index (χ0) is 21.2. The lowest BCUT2D eigenvalue weighted by atomic mass is 9.99. The molecule has 156 valence electrons. The van der Waals surface area contributed by atoms with E-state index in [9.17, 15) is 14.7 Å². The number of carboxylic acids is 1. The van der Waals surface area contributed by atoms with Crippen molar-refractivity contribution in [3.63, 3.8) is 0 Å². The monoisotopic (exact) mass is 397 g/mol. The Kier molecular flexibility index (Phi) is 8.95. The van der Waals surface area contributed by atoms with Crippen LogP contribution in [0.5, 0.6) is 0 Å². The fraction of sp³-hybridized carbons (Fsp3) is 0.500. The molecule has 1 saturated heterocycles. The highest BCUT2D eigenvalue weighted by atomic mass is 16.4. The second-order valence-electron chi connectivity index (χ2n) is 7.73. The Morgan fingerprint density at radius 2 is 2.00 bits per heavy atom. The zero-order valence-electron chi connectivity index (χ0n) is 17.4. The summed E-state index contributed by atoms with van der Waals surface area (Å²) in [6, 6.07) is 6.22. The molecule has 0 aliphatic carbocycles. The summed E-state index contributed by atoms with van der Waals surface area (Å²) >= 11 is 0. The Balaban J connectivity index is 1.92. The van der Waals surface area contributed by atoms with Crippen molar-refractivity contribution in [3.8, 4) is 11.8 Å². The normalized spacial score (nSPS) is 17.8. The second kappa shape index (κ2) is 11.4. The summed E-state index contributed by atoms with van der Waals surface area (Å²) in [5.41, 5.74) is 3.47. The average molecular weight is 398 g/mol. The summed E-state index contributed by atoms with van der Waals surface area (Å²) in [5.74, 6) is 5.21. The Morgan fingerprint density at radius 3 is 2.69 bits per heavy atom. The first kappa shape index (κ1) is 22.7. The number of carbonyl (C=O) groups excluding carboxylic acids is 1. The first-order valence-electron chi connectivity index (χ1n) is 10.3. The van der Waals surface area contributed by atoms with Crippen molar-refractivity contribution in [3.05, 3.63) is 47.0 Å². The molecule has 1 heterocycles. The molecular formula is C24H31NO4. The Hall–Kier alpha value is -2.58. The number of aliphatic carboxylic acids is 1. The fourth-order valence-electron chi connectivity index (χ4n) is 3.66. The number of aryl methyl sites for hydroxylation is 2. The van der Waals surface area contributed by atoms with E-state index in [0.717, 1.165) is 18.4 Å². The quantitative estimate of drug-likeness (QED) is 0.400. The Bertz CT molecular complexity index is 783. The molecule has 5 heteroatoms. The van der Waals surface area contributed by atoms with Gasteiger partial charge in [0.1, 0.15) is 0 Å². The van der Waals surface area contributed by atoms with Crippen molar-refractivity contribution < 1.29 is 19.8 Å². The van der Waals surface area contributed by atoms with Crippen LogP contribution >= 0.6 is 0 Å². The van der Waals surface area contributed by atoms with Gasteiger partial charge in [0.2, 0.25) is 5.91 Å². The predicted octanol–water partition coefficient (Wildman–Crippen LogP) is 3.40. The SMILES string of the molecule is Cc1cc(C)cc(CC(O)/C=C/[C@H]2CCCC(=O)N2CC#CCCCC(=O)O)c1. The number of aliphatic hydroxyl groups excluding tert-OH is 1. The van der Waals surface area contributed by atoms with E-state index in [0.29, 0.717) is 32.2 Å². The number of benzene rings is 1. The van der Waals surface area contributed by atoms with Crippen LogP contribution in [0.15, 0.2) is 30.4 Å². The number of rotatable bonds is 8. The molecule has 1 aliphatic rings. The van der Waals surface area contributed by atoms with E-state index >= 15 is 0 Å². The smallest absolute Gasteiger partial charge is 0.303 e. The van der Waals surface area contributed by atoms with Crippen molar-refractivity contribution in [2.24, 2.45) is 0 Å². The predicted molar refractivity (Wildman–Crippen MR) is 113 cm³/mol. The number of piperidine rings is 1. The highest BCUT2D eigenvalue weighted by molar-refractivity contribution is 5.78. The van der Waals surface area contributed by atoms with Gasteiger partial charge in [-0.1, -0.05) is 47.4 Å². The minimum atomic E-state index is -0.817. The lowest BCUT2D eigenvalue weighted by Gasteiger charge is -2.32. The number of hydrogen-bond donors (Lipinski definition) is 2. The molecule has 1 aromatic carbocycles. The molecular weight excluding hydrogens is 366 g/mol. The number of unbranched alkanes of at least 4 members (excludes halogenated alkanes) is 1. The van der Waals surface area contributed by atoms with E-state index in [1.165, 1.54) is 11.1 Å². The van der Waals surface area contributed by atoms with Gasteiger partial charge in [-0.3, -0.25) is 9.59 Å². The van der Waals surface area contributed by atoms with Crippen LogP contribution < -0.4 is 0 Å². The Labute approximate surface area is 173 Å². The maximum Gasteiger partial charge on any atom is 0.303 e. The van der Waals surface area contributed by atoms with Crippen LogP contribution in [0.25, 0.3) is 0 Å². The molecule has 1 aromatic rings. The minimum Gasteiger partial charge on any atom is -0.481 e. The van der Waals surface area contributed by atoms with E-state index in [4.69, 9.17) is 5.11 Å². The van der Waals surface area contributed by atoms with Gasteiger partial charge in [-0.2, -0.15) is 0 Å². The number of carbonyl (C=O) groups is 2. The van der Waals surface area contributed by atoms with Gasteiger partial charge in [0.15, 0.2) is 0 Å². The van der Waals surface area contributed by atoms with Gasteiger partial charge in [0.05, 0.1) is 18.7 Å². The van der Waals surface area contributed by atoms with E-state index in [2.05, 4.69) is 30.0 Å². The first-order valence-corrected chi connectivity index (χ1v) is 10.3. The number of nitrogens with zero attached hydrogens (tertiary/aromatic N) is 1. The summed E-state index contributed by atoms with van der Waals surface area (Å²) in [6.07, 6.45) is 7.03. The van der Waals surface area contributed by atoms with Crippen molar-refractivity contribution in [2.75, 3.05) is 6.54 Å². The van der Waals surface area contributed by atoms with Crippen LogP contribution in [-0.2, 0) is 16.0 Å². The van der Waals surface area contributed by atoms with E-state index in [1.807, 2.05) is 19.9 Å². The van der Waals surface area contributed by atoms with Crippen LogP contribution in [0.1, 0.15) is 55.2 Å². The number of hydrogen-bond acceptors (Lipinski definition) is 3. The molecule has 2 atom stereocenters. The average Bonchev–Trinajstić information content (AvgIpc) is 2.63. The largest absolute Gasteiger partial charge is 0.481 e. The molecule has 2 rings (SSSR count). The van der Waals surface area contributed by atoms with Crippen LogP contribution in [0.2, 0.25) is 0 Å². The summed E-state index contributed by atoms with van der Waals surface area (Å²) in [5, 5.41) is 19.1. The molecule has 0 aromatic heterocycles. The number of carboxylic acid groups (broad SMARTS) is 1. The third kappa shape index (κ3) is 8.13. The van der Waals surface area contributed by atoms with Crippen LogP contribution in [0.4, 0.5) is 0 Å². The molecule has 1 fully saturated rings. The van der Waals surface area contributed by atoms with Crippen molar-refractivity contribution >= 4 is 11.9 Å². The molecule has 0 radical (unpaired) electrons. The van der Waals surface area contributed by atoms with Gasteiger partial charge in [-0.25, -0.2) is 0 Å². The molecule has 5 nitrogen and oxygen atoms in total. The third-order valence-electron chi connectivity index (χ3n) is 4.96. The molecule has 0 bridgehead atoms. The van der Waals surface area contributed by atoms with Crippen molar-refractivity contribution in [1.82, 2.24) is 4.90 Å². The summed E-state index contributed by atoms with van der Waals surface area (Å²) in [7, 11) is 0. The maximum absolute atomic E-state index is 12.3. The van der Waals surface area contributed by atoms with Gasteiger partial charge in [-0.05, 0) is 38.7 Å². The molecule has 0 saturated carbocycles. The van der Waals surface area contributed by atoms with Gasteiger partial charge in [0, 0.05) is 25.7 Å². The van der Waals surface area contributed by atoms with Crippen LogP contribution in [0.3, 0.4) is 0 Å². The lowest BCUT2D eigenvalue weighted by molar-refractivity contribution is -0.137. The fourth-order valence-corrected chi connectivity index (χ4v) is 3.66. The first-order chi connectivity index (χ1) is 13.8. The number of likely N-dealkylation sites (tertiary alicyclic amines) is 1. The summed E-state index contributed by atoms with van der Waals surface area (Å²) < 4.78 is 0.